The third kappa shape index (κ3) is 2.61. The van der Waals surface area contributed by atoms with Crippen molar-refractivity contribution >= 4 is 32.6 Å². The zero-order valence-corrected chi connectivity index (χ0v) is 12.9. The molecule has 0 aliphatic heterocycles. The van der Waals surface area contributed by atoms with E-state index in [1.165, 1.54) is 12.1 Å². The van der Waals surface area contributed by atoms with Crippen molar-refractivity contribution in [3.63, 3.8) is 0 Å². The molecule has 0 aliphatic rings. The van der Waals surface area contributed by atoms with E-state index in [0.29, 0.717) is 10.2 Å². The molecule has 106 valence electrons. The number of rotatable bonds is 3. The lowest BCUT2D eigenvalue weighted by atomic mass is 10.0. The Morgan fingerprint density at radius 3 is 2.86 bits per heavy atom. The van der Waals surface area contributed by atoms with Gasteiger partial charge in [-0.1, -0.05) is 34.1 Å². The van der Waals surface area contributed by atoms with Gasteiger partial charge in [-0.3, -0.25) is 9.48 Å². The fourth-order valence-electron chi connectivity index (χ4n) is 2.38. The molecule has 1 heterocycles. The van der Waals surface area contributed by atoms with Crippen LogP contribution in [-0.4, -0.2) is 15.6 Å². The molecule has 0 atom stereocenters. The van der Waals surface area contributed by atoms with Crippen molar-refractivity contribution in [3.05, 3.63) is 64.0 Å². The lowest BCUT2D eigenvalue weighted by molar-refractivity contribution is 0.0988. The molecule has 21 heavy (non-hydrogen) atoms. The number of carbonyl (C=O) groups excluding carboxylic acids is 1. The number of hydrogen-bond donors (Lipinski definition) is 0. The number of fused-ring (bicyclic) bond motifs is 1. The fourth-order valence-corrected chi connectivity index (χ4v) is 2.74. The van der Waals surface area contributed by atoms with Crippen molar-refractivity contribution < 1.29 is 9.18 Å². The minimum absolute atomic E-state index is 0.0781. The van der Waals surface area contributed by atoms with Gasteiger partial charge in [-0.25, -0.2) is 4.39 Å². The summed E-state index contributed by atoms with van der Waals surface area (Å²) in [5.74, 6) is -0.791. The summed E-state index contributed by atoms with van der Waals surface area (Å²) in [6.07, 6.45) is 0.0781. The van der Waals surface area contributed by atoms with E-state index in [9.17, 15) is 9.18 Å². The Kier molecular flexibility index (Phi) is 3.59. The van der Waals surface area contributed by atoms with Gasteiger partial charge in [0.05, 0.1) is 23.2 Å². The molecule has 0 saturated carbocycles. The minimum atomic E-state index is -0.511. The third-order valence-electron chi connectivity index (χ3n) is 3.39. The lowest BCUT2D eigenvalue weighted by Crippen LogP contribution is -2.07. The molecule has 1 aromatic heterocycles. The number of carbonyl (C=O) groups is 1. The molecule has 0 N–H and O–H groups in total. The van der Waals surface area contributed by atoms with E-state index >= 15 is 0 Å². The molecule has 3 rings (SSSR count). The van der Waals surface area contributed by atoms with E-state index in [4.69, 9.17) is 0 Å². The predicted molar refractivity (Wildman–Crippen MR) is 82.8 cm³/mol. The minimum Gasteiger partial charge on any atom is -0.294 e. The first kappa shape index (κ1) is 13.9. The quantitative estimate of drug-likeness (QED) is 0.674. The number of para-hydroxylation sites is 1. The molecule has 0 radical (unpaired) electrons. The molecule has 2 aromatic carbocycles. The number of ketones is 1. The van der Waals surface area contributed by atoms with Crippen molar-refractivity contribution in [1.29, 1.82) is 0 Å². The summed E-state index contributed by atoms with van der Waals surface area (Å²) in [6, 6.07) is 12.0. The second kappa shape index (κ2) is 5.41. The van der Waals surface area contributed by atoms with Gasteiger partial charge in [-0.05, 0) is 24.3 Å². The van der Waals surface area contributed by atoms with Crippen LogP contribution in [0.5, 0.6) is 0 Å². The van der Waals surface area contributed by atoms with Crippen LogP contribution < -0.4 is 0 Å². The summed E-state index contributed by atoms with van der Waals surface area (Å²) in [7, 11) is 1.83. The van der Waals surface area contributed by atoms with E-state index in [1.54, 1.807) is 10.7 Å². The van der Waals surface area contributed by atoms with Crippen molar-refractivity contribution in [2.24, 2.45) is 7.05 Å². The lowest BCUT2D eigenvalue weighted by Gasteiger charge is -2.02. The van der Waals surface area contributed by atoms with Gasteiger partial charge < -0.3 is 0 Å². The van der Waals surface area contributed by atoms with Gasteiger partial charge in [-0.15, -0.1) is 0 Å². The van der Waals surface area contributed by atoms with Gasteiger partial charge >= 0.3 is 0 Å². The van der Waals surface area contributed by atoms with Crippen LogP contribution in [0, 0.1) is 5.82 Å². The Labute approximate surface area is 129 Å². The highest BCUT2D eigenvalue weighted by atomic mass is 79.9. The van der Waals surface area contributed by atoms with E-state index in [1.807, 2.05) is 31.3 Å². The van der Waals surface area contributed by atoms with Crippen molar-refractivity contribution in [2.75, 3.05) is 0 Å². The Bertz CT molecular complexity index is 841. The van der Waals surface area contributed by atoms with Crippen LogP contribution in [0.2, 0.25) is 0 Å². The molecule has 3 aromatic rings. The summed E-state index contributed by atoms with van der Waals surface area (Å²) in [5.41, 5.74) is 1.70. The van der Waals surface area contributed by atoms with Crippen LogP contribution >= 0.6 is 15.9 Å². The van der Waals surface area contributed by atoms with E-state index in [2.05, 4.69) is 21.0 Å². The monoisotopic (exact) mass is 346 g/mol. The molecular weight excluding hydrogens is 335 g/mol. The number of aryl methyl sites for hydroxylation is 1. The summed E-state index contributed by atoms with van der Waals surface area (Å²) < 4.78 is 16.2. The second-order valence-electron chi connectivity index (χ2n) is 4.81. The van der Waals surface area contributed by atoms with Gasteiger partial charge in [0.25, 0.3) is 0 Å². The van der Waals surface area contributed by atoms with Crippen LogP contribution in [0.3, 0.4) is 0 Å². The summed E-state index contributed by atoms with van der Waals surface area (Å²) in [4.78, 5) is 12.3. The predicted octanol–water partition coefficient (Wildman–Crippen LogP) is 3.90. The molecule has 0 aliphatic carbocycles. The molecule has 0 saturated heterocycles. The van der Waals surface area contributed by atoms with E-state index in [-0.39, 0.29) is 17.8 Å². The van der Waals surface area contributed by atoms with Gasteiger partial charge in [0.1, 0.15) is 5.82 Å². The average Bonchev–Trinajstić information content (AvgIpc) is 2.78. The molecule has 0 spiro atoms. The topological polar surface area (TPSA) is 34.9 Å². The van der Waals surface area contributed by atoms with Gasteiger partial charge in [-0.2, -0.15) is 5.10 Å². The van der Waals surface area contributed by atoms with Crippen molar-refractivity contribution in [2.45, 2.75) is 6.42 Å². The number of benzene rings is 2. The Morgan fingerprint density at radius 1 is 1.29 bits per heavy atom. The standard InChI is InChI=1S/C16H12BrFN2O/c1-20-15-5-3-2-4-11(15)14(19-20)9-16(21)12-8-10(17)6-7-13(12)18/h2-8H,9H2,1H3. The summed E-state index contributed by atoms with van der Waals surface area (Å²) >= 11 is 3.26. The number of Topliss-reactive ketones (excluding diaryl/α,β-unsaturated/α-hetero) is 1. The molecule has 0 unspecified atom stereocenters. The first-order valence-corrected chi connectivity index (χ1v) is 7.24. The zero-order chi connectivity index (χ0) is 15.0. The molecule has 0 amide bonds. The highest BCUT2D eigenvalue weighted by molar-refractivity contribution is 9.10. The maximum atomic E-state index is 13.8. The van der Waals surface area contributed by atoms with E-state index in [0.717, 1.165) is 10.9 Å². The smallest absolute Gasteiger partial charge is 0.171 e. The van der Waals surface area contributed by atoms with Gasteiger partial charge in [0.15, 0.2) is 5.78 Å². The average molecular weight is 347 g/mol. The number of aromatic nitrogens is 2. The first-order valence-electron chi connectivity index (χ1n) is 6.45. The molecule has 0 bridgehead atoms. The van der Waals surface area contributed by atoms with Crippen LogP contribution in [0.25, 0.3) is 10.9 Å². The van der Waals surface area contributed by atoms with Crippen molar-refractivity contribution in [3.8, 4) is 0 Å². The van der Waals surface area contributed by atoms with Gasteiger partial charge in [0, 0.05) is 16.9 Å². The molecule has 3 nitrogen and oxygen atoms in total. The maximum Gasteiger partial charge on any atom is 0.171 e. The molecular formula is C16H12BrFN2O. The SMILES string of the molecule is Cn1nc(CC(=O)c2cc(Br)ccc2F)c2ccccc21. The zero-order valence-electron chi connectivity index (χ0n) is 11.3. The normalized spacial score (nSPS) is 11.0. The van der Waals surface area contributed by atoms with Crippen LogP contribution in [0.1, 0.15) is 16.1 Å². The first-order chi connectivity index (χ1) is 10.1. The Morgan fingerprint density at radius 2 is 2.05 bits per heavy atom. The maximum absolute atomic E-state index is 13.8. The van der Waals surface area contributed by atoms with E-state index < -0.39 is 5.82 Å². The largest absolute Gasteiger partial charge is 0.294 e. The van der Waals surface area contributed by atoms with Crippen LogP contribution in [0.15, 0.2) is 46.9 Å². The third-order valence-corrected chi connectivity index (χ3v) is 3.88. The fraction of sp³-hybridized carbons (Fsp3) is 0.125. The van der Waals surface area contributed by atoms with Crippen LogP contribution in [-0.2, 0) is 13.5 Å². The highest BCUT2D eigenvalue weighted by Crippen LogP contribution is 2.21. The molecule has 5 heteroatoms. The number of halogens is 2. The highest BCUT2D eigenvalue weighted by Gasteiger charge is 2.16. The molecule has 0 fully saturated rings. The van der Waals surface area contributed by atoms with Crippen LogP contribution in [0.4, 0.5) is 4.39 Å². The summed E-state index contributed by atoms with van der Waals surface area (Å²) in [6.45, 7) is 0. The number of nitrogens with zero attached hydrogens (tertiary/aromatic N) is 2. The second-order valence-corrected chi connectivity index (χ2v) is 5.73. The van der Waals surface area contributed by atoms with Gasteiger partial charge in [0.2, 0.25) is 0 Å². The summed E-state index contributed by atoms with van der Waals surface area (Å²) in [5, 5.41) is 5.29. The number of hydrogen-bond acceptors (Lipinski definition) is 2. The Balaban J connectivity index is 1.99. The van der Waals surface area contributed by atoms with Crippen molar-refractivity contribution in [1.82, 2.24) is 9.78 Å². The Hall–Kier alpha value is -2.01.